The van der Waals surface area contributed by atoms with Crippen LogP contribution in [0.25, 0.3) is 11.3 Å². The molecule has 2 N–H and O–H groups in total. The number of aryl methyl sites for hydroxylation is 2. The molecule has 2 rings (SSSR count). The highest BCUT2D eigenvalue weighted by atomic mass is 15.1. The molecule has 0 aliphatic rings. The molecule has 0 atom stereocenters. The molecule has 3 nitrogen and oxygen atoms in total. The normalized spacial score (nSPS) is 11.1. The highest BCUT2D eigenvalue weighted by Crippen LogP contribution is 2.32. The molecule has 2 aromatic rings. The van der Waals surface area contributed by atoms with Gasteiger partial charge in [-0.05, 0) is 25.5 Å². The Morgan fingerprint density at radius 1 is 1.35 bits per heavy atom. The summed E-state index contributed by atoms with van der Waals surface area (Å²) in [5.74, 6) is 2.07. The summed E-state index contributed by atoms with van der Waals surface area (Å²) in [5.41, 5.74) is 10.7. The third kappa shape index (κ3) is 2.48. The van der Waals surface area contributed by atoms with Crippen LogP contribution in [0.1, 0.15) is 36.7 Å². The Hall–Kier alpha value is -2.03. The van der Waals surface area contributed by atoms with Gasteiger partial charge in [0.05, 0.1) is 0 Å². The molecule has 0 unspecified atom stereocenters. The molecule has 0 amide bonds. The summed E-state index contributed by atoms with van der Waals surface area (Å²) in [7, 11) is 0. The molecule has 1 aromatic carbocycles. The van der Waals surface area contributed by atoms with E-state index in [1.807, 2.05) is 6.08 Å². The van der Waals surface area contributed by atoms with Crippen molar-refractivity contribution in [2.24, 2.45) is 0 Å². The molecule has 20 heavy (non-hydrogen) atoms. The topological polar surface area (TPSA) is 43.8 Å². The quantitative estimate of drug-likeness (QED) is 0.851. The van der Waals surface area contributed by atoms with E-state index in [9.17, 15) is 0 Å². The van der Waals surface area contributed by atoms with Crippen LogP contribution in [0.2, 0.25) is 0 Å². The Morgan fingerprint density at radius 2 is 2.05 bits per heavy atom. The zero-order chi connectivity index (χ0) is 14.9. The molecular weight excluding hydrogens is 246 g/mol. The summed E-state index contributed by atoms with van der Waals surface area (Å²) in [6.45, 7) is 12.9. The van der Waals surface area contributed by atoms with Crippen molar-refractivity contribution in [3.63, 3.8) is 0 Å². The number of nitrogen functional groups attached to an aromatic ring is 1. The summed E-state index contributed by atoms with van der Waals surface area (Å²) in [5, 5.41) is 0. The molecule has 0 aliphatic carbocycles. The molecule has 106 valence electrons. The maximum absolute atomic E-state index is 6.33. The summed E-state index contributed by atoms with van der Waals surface area (Å²) in [4.78, 5) is 4.79. The number of allylic oxidation sites excluding steroid dienone is 1. The average molecular weight is 269 g/mol. The van der Waals surface area contributed by atoms with Gasteiger partial charge >= 0.3 is 0 Å². The van der Waals surface area contributed by atoms with E-state index in [2.05, 4.69) is 57.0 Å². The van der Waals surface area contributed by atoms with E-state index in [-0.39, 0.29) is 0 Å². The molecule has 0 fully saturated rings. The largest absolute Gasteiger partial charge is 0.383 e. The van der Waals surface area contributed by atoms with Gasteiger partial charge in [-0.2, -0.15) is 0 Å². The number of aromatic nitrogens is 2. The minimum absolute atomic E-state index is 0.330. The van der Waals surface area contributed by atoms with Gasteiger partial charge in [0.1, 0.15) is 17.3 Å². The van der Waals surface area contributed by atoms with Crippen molar-refractivity contribution >= 4 is 5.82 Å². The Morgan fingerprint density at radius 3 is 2.65 bits per heavy atom. The van der Waals surface area contributed by atoms with Crippen LogP contribution in [0.15, 0.2) is 30.9 Å². The lowest BCUT2D eigenvalue weighted by Gasteiger charge is -2.09. The fourth-order valence-corrected chi connectivity index (χ4v) is 2.43. The van der Waals surface area contributed by atoms with E-state index in [1.165, 1.54) is 11.1 Å². The SMILES string of the molecule is C=CCn1c(C(C)C)nc(-c2cc(C)ccc2C)c1N. The first kappa shape index (κ1) is 14.4. The predicted molar refractivity (Wildman–Crippen MR) is 85.8 cm³/mol. The Kier molecular flexibility index (Phi) is 3.98. The molecule has 0 radical (unpaired) electrons. The van der Waals surface area contributed by atoms with Crippen molar-refractivity contribution in [3.8, 4) is 11.3 Å². The molecule has 0 saturated heterocycles. The number of nitrogens with two attached hydrogens (primary N) is 1. The summed E-state index contributed by atoms with van der Waals surface area (Å²) < 4.78 is 2.05. The minimum atomic E-state index is 0.330. The van der Waals surface area contributed by atoms with Crippen LogP contribution in [-0.4, -0.2) is 9.55 Å². The van der Waals surface area contributed by atoms with Crippen molar-refractivity contribution < 1.29 is 0 Å². The zero-order valence-corrected chi connectivity index (χ0v) is 12.8. The number of rotatable bonds is 4. The number of nitrogens with zero attached hydrogens (tertiary/aromatic N) is 2. The minimum Gasteiger partial charge on any atom is -0.383 e. The number of benzene rings is 1. The third-order valence-electron chi connectivity index (χ3n) is 3.51. The van der Waals surface area contributed by atoms with Gasteiger partial charge in [0.15, 0.2) is 0 Å². The second-order valence-electron chi connectivity index (χ2n) is 5.58. The van der Waals surface area contributed by atoms with Crippen LogP contribution in [-0.2, 0) is 6.54 Å². The molecular formula is C17H23N3. The van der Waals surface area contributed by atoms with Gasteiger partial charge in [-0.15, -0.1) is 6.58 Å². The molecule has 3 heteroatoms. The van der Waals surface area contributed by atoms with Gasteiger partial charge in [-0.1, -0.05) is 37.6 Å². The van der Waals surface area contributed by atoms with Crippen molar-refractivity contribution in [1.82, 2.24) is 9.55 Å². The second-order valence-corrected chi connectivity index (χ2v) is 5.58. The molecule has 0 bridgehead atoms. The van der Waals surface area contributed by atoms with Crippen LogP contribution >= 0.6 is 0 Å². The van der Waals surface area contributed by atoms with Gasteiger partial charge in [-0.3, -0.25) is 0 Å². The van der Waals surface area contributed by atoms with Crippen molar-refractivity contribution in [1.29, 1.82) is 0 Å². The van der Waals surface area contributed by atoms with Crippen LogP contribution in [0, 0.1) is 13.8 Å². The number of hydrogen-bond donors (Lipinski definition) is 1. The maximum Gasteiger partial charge on any atom is 0.132 e. The van der Waals surface area contributed by atoms with E-state index in [0.717, 1.165) is 22.9 Å². The third-order valence-corrected chi connectivity index (χ3v) is 3.51. The monoisotopic (exact) mass is 269 g/mol. The van der Waals surface area contributed by atoms with E-state index < -0.39 is 0 Å². The standard InChI is InChI=1S/C17H23N3/c1-6-9-20-16(18)15(19-17(20)11(2)3)14-10-12(4)7-8-13(14)5/h6-8,10-11H,1,9,18H2,2-5H3. The Balaban J connectivity index is 2.65. The van der Waals surface area contributed by atoms with Crippen LogP contribution in [0.5, 0.6) is 0 Å². The molecule has 1 heterocycles. The Bertz CT molecular complexity index is 636. The van der Waals surface area contributed by atoms with Crippen LogP contribution < -0.4 is 5.73 Å². The lowest BCUT2D eigenvalue weighted by molar-refractivity contribution is 0.684. The van der Waals surface area contributed by atoms with Crippen molar-refractivity contribution in [2.45, 2.75) is 40.2 Å². The van der Waals surface area contributed by atoms with Crippen LogP contribution in [0.3, 0.4) is 0 Å². The lowest BCUT2D eigenvalue weighted by Crippen LogP contribution is -2.07. The first-order valence-electron chi connectivity index (χ1n) is 7.00. The predicted octanol–water partition coefficient (Wildman–Crippen LogP) is 4.06. The lowest BCUT2D eigenvalue weighted by atomic mass is 10.0. The zero-order valence-electron chi connectivity index (χ0n) is 12.8. The molecule has 0 aliphatic heterocycles. The van der Waals surface area contributed by atoms with Crippen molar-refractivity contribution in [2.75, 3.05) is 5.73 Å². The first-order valence-corrected chi connectivity index (χ1v) is 7.00. The summed E-state index contributed by atoms with van der Waals surface area (Å²) in [6, 6.07) is 6.38. The van der Waals surface area contributed by atoms with Crippen molar-refractivity contribution in [3.05, 3.63) is 47.8 Å². The number of anilines is 1. The molecule has 0 spiro atoms. The molecule has 1 aromatic heterocycles. The van der Waals surface area contributed by atoms with Gasteiger partial charge in [0.2, 0.25) is 0 Å². The first-order chi connectivity index (χ1) is 9.45. The molecule has 0 saturated carbocycles. The fraction of sp³-hybridized carbons (Fsp3) is 0.353. The van der Waals surface area contributed by atoms with Gasteiger partial charge < -0.3 is 10.3 Å². The highest BCUT2D eigenvalue weighted by molar-refractivity contribution is 5.74. The summed E-state index contributed by atoms with van der Waals surface area (Å²) >= 11 is 0. The summed E-state index contributed by atoms with van der Waals surface area (Å²) in [6.07, 6.45) is 1.86. The van der Waals surface area contributed by atoms with E-state index in [1.54, 1.807) is 0 Å². The average Bonchev–Trinajstić information content (AvgIpc) is 2.71. The van der Waals surface area contributed by atoms with Gasteiger partial charge in [0, 0.05) is 18.0 Å². The van der Waals surface area contributed by atoms with Crippen LogP contribution in [0.4, 0.5) is 5.82 Å². The van der Waals surface area contributed by atoms with E-state index in [0.29, 0.717) is 12.5 Å². The number of imidazole rings is 1. The fourth-order valence-electron chi connectivity index (χ4n) is 2.43. The maximum atomic E-state index is 6.33. The van der Waals surface area contributed by atoms with Gasteiger partial charge in [-0.25, -0.2) is 4.98 Å². The second kappa shape index (κ2) is 5.53. The Labute approximate surface area is 121 Å². The number of hydrogen-bond acceptors (Lipinski definition) is 2. The smallest absolute Gasteiger partial charge is 0.132 e. The highest BCUT2D eigenvalue weighted by Gasteiger charge is 2.18. The van der Waals surface area contributed by atoms with E-state index in [4.69, 9.17) is 10.7 Å². The van der Waals surface area contributed by atoms with E-state index >= 15 is 0 Å². The van der Waals surface area contributed by atoms with Gasteiger partial charge in [0.25, 0.3) is 0 Å².